The molecule has 3 rings (SSSR count). The smallest absolute Gasteiger partial charge is 0.257 e. The van der Waals surface area contributed by atoms with Crippen LogP contribution in [0, 0.1) is 6.92 Å². The average Bonchev–Trinajstić information content (AvgIpc) is 2.87. The Balaban J connectivity index is 1.86. The third-order valence-corrected chi connectivity index (χ3v) is 4.27. The van der Waals surface area contributed by atoms with Crippen LogP contribution in [0.5, 0.6) is 0 Å². The van der Waals surface area contributed by atoms with E-state index >= 15 is 0 Å². The standard InChI is InChI=1S/C15H19N3O3/c1-9-11-7-10(8-16-14(11)21-17-9)15(20)18(2)12-5-3-4-6-13(12)19/h7-8,12-13,19H,3-6H2,1-2H3. The molecular formula is C15H19N3O3. The van der Waals surface area contributed by atoms with Gasteiger partial charge in [-0.15, -0.1) is 0 Å². The summed E-state index contributed by atoms with van der Waals surface area (Å²) in [4.78, 5) is 18.4. The molecule has 21 heavy (non-hydrogen) atoms. The van der Waals surface area contributed by atoms with Crippen LogP contribution in [0.15, 0.2) is 16.8 Å². The number of aliphatic hydroxyl groups is 1. The molecule has 2 unspecified atom stereocenters. The van der Waals surface area contributed by atoms with Crippen molar-refractivity contribution >= 4 is 17.0 Å². The van der Waals surface area contributed by atoms with E-state index in [4.69, 9.17) is 4.52 Å². The first-order chi connectivity index (χ1) is 10.1. The van der Waals surface area contributed by atoms with Gasteiger partial charge in [0, 0.05) is 13.2 Å². The predicted molar refractivity (Wildman–Crippen MR) is 76.9 cm³/mol. The molecule has 2 heterocycles. The van der Waals surface area contributed by atoms with E-state index in [9.17, 15) is 9.90 Å². The lowest BCUT2D eigenvalue weighted by Crippen LogP contribution is -2.46. The number of pyridine rings is 1. The maximum Gasteiger partial charge on any atom is 0.257 e. The van der Waals surface area contributed by atoms with Crippen LogP contribution >= 0.6 is 0 Å². The Bertz CT molecular complexity index is 667. The zero-order valence-electron chi connectivity index (χ0n) is 12.2. The Labute approximate surface area is 122 Å². The lowest BCUT2D eigenvalue weighted by atomic mass is 9.91. The molecule has 0 spiro atoms. The van der Waals surface area contributed by atoms with Crippen molar-refractivity contribution in [2.45, 2.75) is 44.8 Å². The van der Waals surface area contributed by atoms with Gasteiger partial charge < -0.3 is 14.5 Å². The fourth-order valence-electron chi connectivity index (χ4n) is 2.96. The minimum Gasteiger partial charge on any atom is -0.391 e. The maximum absolute atomic E-state index is 12.6. The molecule has 2 atom stereocenters. The molecular weight excluding hydrogens is 270 g/mol. The molecule has 112 valence electrons. The van der Waals surface area contributed by atoms with Crippen molar-refractivity contribution in [3.8, 4) is 0 Å². The molecule has 0 aliphatic heterocycles. The number of aliphatic hydroxyl groups excluding tert-OH is 1. The Morgan fingerprint density at radius 3 is 2.95 bits per heavy atom. The Morgan fingerprint density at radius 2 is 2.19 bits per heavy atom. The lowest BCUT2D eigenvalue weighted by Gasteiger charge is -2.35. The largest absolute Gasteiger partial charge is 0.391 e. The van der Waals surface area contributed by atoms with Crippen molar-refractivity contribution in [1.29, 1.82) is 0 Å². The van der Waals surface area contributed by atoms with Crippen molar-refractivity contribution in [3.63, 3.8) is 0 Å². The number of aryl methyl sites for hydroxylation is 1. The summed E-state index contributed by atoms with van der Waals surface area (Å²) in [5.41, 5.74) is 1.64. The van der Waals surface area contributed by atoms with Crippen LogP contribution in [-0.2, 0) is 0 Å². The van der Waals surface area contributed by atoms with Crippen molar-refractivity contribution in [2.24, 2.45) is 0 Å². The summed E-state index contributed by atoms with van der Waals surface area (Å²) in [6.07, 6.45) is 4.72. The minimum absolute atomic E-state index is 0.120. The molecule has 6 nitrogen and oxygen atoms in total. The van der Waals surface area contributed by atoms with Gasteiger partial charge in [0.05, 0.1) is 28.8 Å². The first-order valence-corrected chi connectivity index (χ1v) is 7.25. The second-order valence-corrected chi connectivity index (χ2v) is 5.68. The van der Waals surface area contributed by atoms with Gasteiger partial charge in [-0.1, -0.05) is 18.0 Å². The summed E-state index contributed by atoms with van der Waals surface area (Å²) in [6.45, 7) is 1.82. The summed E-state index contributed by atoms with van der Waals surface area (Å²) >= 11 is 0. The highest BCUT2D eigenvalue weighted by Gasteiger charge is 2.30. The van der Waals surface area contributed by atoms with Crippen LogP contribution in [0.4, 0.5) is 0 Å². The molecule has 0 radical (unpaired) electrons. The van der Waals surface area contributed by atoms with E-state index in [1.165, 1.54) is 6.20 Å². The highest BCUT2D eigenvalue weighted by Crippen LogP contribution is 2.24. The Morgan fingerprint density at radius 1 is 1.43 bits per heavy atom. The second kappa shape index (κ2) is 5.44. The van der Waals surface area contributed by atoms with Crippen molar-refractivity contribution < 1.29 is 14.4 Å². The number of hydrogen-bond donors (Lipinski definition) is 1. The molecule has 1 amide bonds. The van der Waals surface area contributed by atoms with Gasteiger partial charge in [-0.2, -0.15) is 0 Å². The normalized spacial score (nSPS) is 22.4. The average molecular weight is 289 g/mol. The van der Waals surface area contributed by atoms with Crippen LogP contribution in [-0.4, -0.2) is 45.2 Å². The number of rotatable bonds is 2. The van der Waals surface area contributed by atoms with Crippen molar-refractivity contribution in [2.75, 3.05) is 7.05 Å². The van der Waals surface area contributed by atoms with Crippen LogP contribution in [0.25, 0.3) is 11.1 Å². The summed E-state index contributed by atoms with van der Waals surface area (Å²) in [5.74, 6) is -0.129. The quantitative estimate of drug-likeness (QED) is 0.913. The molecule has 1 saturated carbocycles. The fraction of sp³-hybridized carbons (Fsp3) is 0.533. The first-order valence-electron chi connectivity index (χ1n) is 7.25. The van der Waals surface area contributed by atoms with E-state index in [2.05, 4.69) is 10.1 Å². The van der Waals surface area contributed by atoms with Crippen LogP contribution in [0.3, 0.4) is 0 Å². The van der Waals surface area contributed by atoms with Crippen LogP contribution in [0.2, 0.25) is 0 Å². The summed E-state index contributed by atoms with van der Waals surface area (Å²) in [7, 11) is 1.74. The molecule has 2 aromatic heterocycles. The number of likely N-dealkylation sites (N-methyl/N-ethyl adjacent to an activating group) is 1. The molecule has 0 bridgehead atoms. The van der Waals surface area contributed by atoms with E-state index in [1.807, 2.05) is 6.92 Å². The van der Waals surface area contributed by atoms with Gasteiger partial charge in [0.25, 0.3) is 11.6 Å². The lowest BCUT2D eigenvalue weighted by molar-refractivity contribution is 0.0268. The van der Waals surface area contributed by atoms with E-state index in [0.717, 1.165) is 31.1 Å². The number of nitrogens with zero attached hydrogens (tertiary/aromatic N) is 3. The van der Waals surface area contributed by atoms with Crippen molar-refractivity contribution in [3.05, 3.63) is 23.5 Å². The number of amides is 1. The van der Waals surface area contributed by atoms with E-state index in [-0.39, 0.29) is 11.9 Å². The van der Waals surface area contributed by atoms with E-state index in [0.29, 0.717) is 17.0 Å². The summed E-state index contributed by atoms with van der Waals surface area (Å²) in [6, 6.07) is 1.63. The third-order valence-electron chi connectivity index (χ3n) is 4.27. The minimum atomic E-state index is -0.443. The van der Waals surface area contributed by atoms with Gasteiger partial charge in [-0.05, 0) is 25.8 Å². The SMILES string of the molecule is Cc1noc2ncc(C(=O)N(C)C3CCCCC3O)cc12. The van der Waals surface area contributed by atoms with Gasteiger partial charge in [0.1, 0.15) is 0 Å². The van der Waals surface area contributed by atoms with Crippen LogP contribution < -0.4 is 0 Å². The monoisotopic (exact) mass is 289 g/mol. The maximum atomic E-state index is 12.6. The van der Waals surface area contributed by atoms with Gasteiger partial charge in [-0.3, -0.25) is 4.79 Å². The first kappa shape index (κ1) is 14.0. The number of fused-ring (bicyclic) bond motifs is 1. The molecule has 1 fully saturated rings. The van der Waals surface area contributed by atoms with Gasteiger partial charge >= 0.3 is 0 Å². The number of hydrogen-bond acceptors (Lipinski definition) is 5. The molecule has 0 saturated heterocycles. The highest BCUT2D eigenvalue weighted by atomic mass is 16.5. The molecule has 1 aliphatic rings. The van der Waals surface area contributed by atoms with Crippen LogP contribution in [0.1, 0.15) is 41.7 Å². The summed E-state index contributed by atoms with van der Waals surface area (Å²) in [5, 5.41) is 14.7. The molecule has 1 aliphatic carbocycles. The number of aromatic nitrogens is 2. The number of carbonyl (C=O) groups excluding carboxylic acids is 1. The Kier molecular flexibility index (Phi) is 3.63. The number of carbonyl (C=O) groups is 1. The highest BCUT2D eigenvalue weighted by molar-refractivity contribution is 5.97. The van der Waals surface area contributed by atoms with Gasteiger partial charge in [-0.25, -0.2) is 4.98 Å². The molecule has 6 heteroatoms. The predicted octanol–water partition coefficient (Wildman–Crippen LogP) is 1.91. The summed E-state index contributed by atoms with van der Waals surface area (Å²) < 4.78 is 5.05. The second-order valence-electron chi connectivity index (χ2n) is 5.68. The van der Waals surface area contributed by atoms with Gasteiger partial charge in [0.2, 0.25) is 0 Å². The topological polar surface area (TPSA) is 79.5 Å². The van der Waals surface area contributed by atoms with Gasteiger partial charge in [0.15, 0.2) is 0 Å². The van der Waals surface area contributed by atoms with Crippen molar-refractivity contribution in [1.82, 2.24) is 15.0 Å². The molecule has 1 N–H and O–H groups in total. The Hall–Kier alpha value is -1.95. The zero-order valence-corrected chi connectivity index (χ0v) is 12.2. The van der Waals surface area contributed by atoms with E-state index in [1.54, 1.807) is 18.0 Å². The third kappa shape index (κ3) is 2.51. The zero-order chi connectivity index (χ0) is 15.0. The van der Waals surface area contributed by atoms with E-state index < -0.39 is 6.10 Å². The fourth-order valence-corrected chi connectivity index (χ4v) is 2.96. The molecule has 0 aromatic carbocycles. The molecule has 2 aromatic rings.